The summed E-state index contributed by atoms with van der Waals surface area (Å²) in [6.07, 6.45) is 0. The summed E-state index contributed by atoms with van der Waals surface area (Å²) < 4.78 is 0.981. The van der Waals surface area contributed by atoms with Gasteiger partial charge in [-0.05, 0) is 22.0 Å². The molecule has 1 aliphatic heterocycles. The second-order valence-electron chi connectivity index (χ2n) is 3.35. The molecule has 4 nitrogen and oxygen atoms in total. The number of rotatable bonds is 2. The Balaban J connectivity index is 2.12. The van der Waals surface area contributed by atoms with Crippen molar-refractivity contribution in [2.24, 2.45) is 0 Å². The lowest BCUT2D eigenvalue weighted by Crippen LogP contribution is -2.30. The summed E-state index contributed by atoms with van der Waals surface area (Å²) in [5.74, 6) is -0.132. The topological polar surface area (TPSA) is 40.6 Å². The highest BCUT2D eigenvalue weighted by atomic mass is 79.9. The summed E-state index contributed by atoms with van der Waals surface area (Å²) in [6.45, 7) is 0.559. The molecule has 1 fully saturated rings. The maximum atomic E-state index is 11.6. The van der Waals surface area contributed by atoms with Crippen LogP contribution in [0.3, 0.4) is 0 Å². The summed E-state index contributed by atoms with van der Waals surface area (Å²) in [5, 5.41) is 1.93. The standard InChI is InChI=1S/C9H9BrN2O2S/c1-11-4-8(13)12(9(11)14)3-7-2-6(10)5-15-7/h2,5H,3-4H2,1H3. The van der Waals surface area contributed by atoms with Crippen LogP contribution in [0.1, 0.15) is 4.88 Å². The summed E-state index contributed by atoms with van der Waals surface area (Å²) >= 11 is 4.87. The van der Waals surface area contributed by atoms with Crippen LogP contribution in [0.2, 0.25) is 0 Å². The molecule has 3 amide bonds. The van der Waals surface area contributed by atoms with Gasteiger partial charge in [0, 0.05) is 21.8 Å². The Kier molecular flexibility index (Phi) is 2.79. The number of hydrogen-bond acceptors (Lipinski definition) is 3. The van der Waals surface area contributed by atoms with Gasteiger partial charge in [-0.2, -0.15) is 0 Å². The molecule has 2 heterocycles. The minimum absolute atomic E-state index is 0.132. The molecule has 1 aromatic heterocycles. The van der Waals surface area contributed by atoms with Crippen molar-refractivity contribution in [1.82, 2.24) is 9.80 Å². The zero-order valence-electron chi connectivity index (χ0n) is 8.07. The Bertz CT molecular complexity index is 418. The molecule has 0 saturated carbocycles. The van der Waals surface area contributed by atoms with Gasteiger partial charge in [-0.3, -0.25) is 9.69 Å². The molecule has 1 aromatic rings. The number of urea groups is 1. The Morgan fingerprint density at radius 2 is 2.27 bits per heavy atom. The number of thiophene rings is 1. The molecule has 1 saturated heterocycles. The molecular weight excluding hydrogens is 280 g/mol. The van der Waals surface area contributed by atoms with E-state index >= 15 is 0 Å². The second kappa shape index (κ2) is 3.94. The van der Waals surface area contributed by atoms with Gasteiger partial charge in [0.1, 0.15) is 6.54 Å². The summed E-state index contributed by atoms with van der Waals surface area (Å²) in [6, 6.07) is 1.70. The Morgan fingerprint density at radius 3 is 2.73 bits per heavy atom. The van der Waals surface area contributed by atoms with E-state index in [1.54, 1.807) is 7.05 Å². The fourth-order valence-corrected chi connectivity index (χ4v) is 2.86. The first-order valence-corrected chi connectivity index (χ1v) is 6.03. The largest absolute Gasteiger partial charge is 0.327 e. The van der Waals surface area contributed by atoms with E-state index in [-0.39, 0.29) is 18.5 Å². The average Bonchev–Trinajstić information content (AvgIpc) is 2.67. The zero-order valence-corrected chi connectivity index (χ0v) is 10.5. The molecule has 0 aromatic carbocycles. The molecule has 0 spiro atoms. The zero-order chi connectivity index (χ0) is 11.0. The molecule has 15 heavy (non-hydrogen) atoms. The Hall–Kier alpha value is -0.880. The van der Waals surface area contributed by atoms with Crippen LogP contribution in [0.15, 0.2) is 15.9 Å². The number of hydrogen-bond donors (Lipinski definition) is 0. The van der Waals surface area contributed by atoms with Crippen molar-refractivity contribution in [3.05, 3.63) is 20.8 Å². The third kappa shape index (κ3) is 2.05. The van der Waals surface area contributed by atoms with Gasteiger partial charge in [0.15, 0.2) is 0 Å². The minimum Gasteiger partial charge on any atom is -0.318 e. The quantitative estimate of drug-likeness (QED) is 0.780. The van der Waals surface area contributed by atoms with E-state index in [9.17, 15) is 9.59 Å². The van der Waals surface area contributed by atoms with E-state index in [1.165, 1.54) is 21.1 Å². The van der Waals surface area contributed by atoms with E-state index in [1.807, 2.05) is 11.4 Å². The average molecular weight is 289 g/mol. The van der Waals surface area contributed by atoms with Crippen LogP contribution in [-0.2, 0) is 11.3 Å². The molecule has 1 aliphatic rings. The van der Waals surface area contributed by atoms with Crippen LogP contribution in [0, 0.1) is 0 Å². The predicted octanol–water partition coefficient (Wildman–Crippen LogP) is 1.90. The van der Waals surface area contributed by atoms with Gasteiger partial charge in [0.25, 0.3) is 5.91 Å². The minimum atomic E-state index is -0.218. The van der Waals surface area contributed by atoms with Crippen molar-refractivity contribution >= 4 is 39.2 Å². The van der Waals surface area contributed by atoms with Crippen LogP contribution < -0.4 is 0 Å². The van der Waals surface area contributed by atoms with Crippen LogP contribution in [0.25, 0.3) is 0 Å². The van der Waals surface area contributed by atoms with Crippen molar-refractivity contribution < 1.29 is 9.59 Å². The smallest absolute Gasteiger partial charge is 0.318 e. The van der Waals surface area contributed by atoms with Crippen molar-refractivity contribution in [2.45, 2.75) is 6.54 Å². The first-order chi connectivity index (χ1) is 7.08. The number of imide groups is 1. The fourth-order valence-electron chi connectivity index (χ4n) is 1.42. The molecule has 0 aliphatic carbocycles. The van der Waals surface area contributed by atoms with Crippen LogP contribution in [0.4, 0.5) is 4.79 Å². The number of nitrogens with zero attached hydrogens (tertiary/aromatic N) is 2. The maximum absolute atomic E-state index is 11.6. The van der Waals surface area contributed by atoms with E-state index in [2.05, 4.69) is 15.9 Å². The molecule has 0 atom stereocenters. The summed E-state index contributed by atoms with van der Waals surface area (Å²) in [4.78, 5) is 26.7. The lowest BCUT2D eigenvalue weighted by atomic mass is 10.4. The summed E-state index contributed by atoms with van der Waals surface area (Å²) in [7, 11) is 1.63. The van der Waals surface area contributed by atoms with Gasteiger partial charge in [-0.25, -0.2) is 4.79 Å². The molecule has 0 bridgehead atoms. The van der Waals surface area contributed by atoms with Gasteiger partial charge >= 0.3 is 6.03 Å². The fraction of sp³-hybridized carbons (Fsp3) is 0.333. The highest BCUT2D eigenvalue weighted by Gasteiger charge is 2.33. The Morgan fingerprint density at radius 1 is 1.53 bits per heavy atom. The van der Waals surface area contributed by atoms with Gasteiger partial charge in [0.2, 0.25) is 0 Å². The van der Waals surface area contributed by atoms with Crippen molar-refractivity contribution in [3.8, 4) is 0 Å². The predicted molar refractivity (Wildman–Crippen MR) is 60.6 cm³/mol. The lowest BCUT2D eigenvalue weighted by molar-refractivity contribution is -0.125. The van der Waals surface area contributed by atoms with Crippen LogP contribution in [-0.4, -0.2) is 35.3 Å². The molecule has 80 valence electrons. The highest BCUT2D eigenvalue weighted by Crippen LogP contribution is 2.22. The first kappa shape index (κ1) is 10.6. The van der Waals surface area contributed by atoms with E-state index < -0.39 is 0 Å². The molecule has 0 N–H and O–H groups in total. The lowest BCUT2D eigenvalue weighted by Gasteiger charge is -2.12. The van der Waals surface area contributed by atoms with Crippen molar-refractivity contribution in [2.75, 3.05) is 13.6 Å². The normalized spacial score (nSPS) is 16.7. The Labute approximate surface area is 99.6 Å². The highest BCUT2D eigenvalue weighted by molar-refractivity contribution is 9.10. The van der Waals surface area contributed by atoms with Crippen LogP contribution in [0.5, 0.6) is 0 Å². The van der Waals surface area contributed by atoms with Crippen molar-refractivity contribution in [3.63, 3.8) is 0 Å². The van der Waals surface area contributed by atoms with Crippen LogP contribution >= 0.6 is 27.3 Å². The molecule has 2 rings (SSSR count). The third-order valence-corrected chi connectivity index (χ3v) is 3.85. The molecule has 6 heteroatoms. The van der Waals surface area contributed by atoms with Gasteiger partial charge in [-0.15, -0.1) is 11.3 Å². The molecule has 0 unspecified atom stereocenters. The SMILES string of the molecule is CN1CC(=O)N(Cc2cc(Br)cs2)C1=O. The summed E-state index contributed by atoms with van der Waals surface area (Å²) in [5.41, 5.74) is 0. The molecular formula is C9H9BrN2O2S. The third-order valence-electron chi connectivity index (χ3n) is 2.17. The number of amides is 3. The van der Waals surface area contributed by atoms with Gasteiger partial charge in [0.05, 0.1) is 6.54 Å². The van der Waals surface area contributed by atoms with E-state index in [4.69, 9.17) is 0 Å². The number of carbonyl (C=O) groups is 2. The van der Waals surface area contributed by atoms with E-state index in [0.29, 0.717) is 6.54 Å². The van der Waals surface area contributed by atoms with Crippen molar-refractivity contribution in [1.29, 1.82) is 0 Å². The molecule has 0 radical (unpaired) electrons. The second-order valence-corrected chi connectivity index (χ2v) is 5.26. The maximum Gasteiger partial charge on any atom is 0.327 e. The number of likely N-dealkylation sites (N-methyl/N-ethyl adjacent to an activating group) is 1. The van der Waals surface area contributed by atoms with Gasteiger partial charge < -0.3 is 4.90 Å². The first-order valence-electron chi connectivity index (χ1n) is 4.36. The number of carbonyl (C=O) groups excluding carboxylic acids is 2. The monoisotopic (exact) mass is 288 g/mol. The van der Waals surface area contributed by atoms with E-state index in [0.717, 1.165) is 9.35 Å². The number of halogens is 1. The van der Waals surface area contributed by atoms with Gasteiger partial charge in [-0.1, -0.05) is 0 Å².